The van der Waals surface area contributed by atoms with Gasteiger partial charge in [0.2, 0.25) is 0 Å². The van der Waals surface area contributed by atoms with Crippen molar-refractivity contribution in [3.05, 3.63) is 71.3 Å². The topological polar surface area (TPSA) is 56.7 Å². The fourth-order valence-electron chi connectivity index (χ4n) is 3.32. The van der Waals surface area contributed by atoms with E-state index in [9.17, 15) is 5.11 Å². The minimum atomic E-state index is -0.984. The fraction of sp³-hybridized carbons (Fsp3) is 0.409. The SMILES string of the molecule is CCNC(=NCC(C)(O)c1ccccc1)NC1CC1c1ccccc1C. The molecule has 1 aliphatic carbocycles. The van der Waals surface area contributed by atoms with Crippen LogP contribution < -0.4 is 10.6 Å². The Labute approximate surface area is 156 Å². The highest BCUT2D eigenvalue weighted by Crippen LogP contribution is 2.42. The van der Waals surface area contributed by atoms with Gasteiger partial charge in [0.25, 0.3) is 0 Å². The van der Waals surface area contributed by atoms with Crippen LogP contribution in [0.2, 0.25) is 0 Å². The Bertz CT molecular complexity index is 755. The summed E-state index contributed by atoms with van der Waals surface area (Å²) in [6, 6.07) is 18.7. The van der Waals surface area contributed by atoms with Gasteiger partial charge < -0.3 is 15.7 Å². The maximum absolute atomic E-state index is 10.8. The molecule has 3 N–H and O–H groups in total. The van der Waals surface area contributed by atoms with Gasteiger partial charge in [0.1, 0.15) is 5.60 Å². The third-order valence-corrected chi connectivity index (χ3v) is 4.99. The van der Waals surface area contributed by atoms with E-state index in [1.165, 1.54) is 11.1 Å². The molecule has 3 unspecified atom stereocenters. The first-order chi connectivity index (χ1) is 12.5. The number of hydrogen-bond donors (Lipinski definition) is 3. The van der Waals surface area contributed by atoms with Crippen LogP contribution in [-0.4, -0.2) is 30.2 Å². The summed E-state index contributed by atoms with van der Waals surface area (Å²) in [7, 11) is 0. The predicted octanol–water partition coefficient (Wildman–Crippen LogP) is 3.31. The Morgan fingerprint density at radius 3 is 2.54 bits per heavy atom. The molecule has 138 valence electrons. The lowest BCUT2D eigenvalue weighted by atomic mass is 9.96. The third-order valence-electron chi connectivity index (χ3n) is 4.99. The van der Waals surface area contributed by atoms with Gasteiger partial charge in [-0.1, -0.05) is 54.6 Å². The highest BCUT2D eigenvalue weighted by atomic mass is 16.3. The van der Waals surface area contributed by atoms with Gasteiger partial charge in [0.15, 0.2) is 5.96 Å². The van der Waals surface area contributed by atoms with Crippen LogP contribution in [0.3, 0.4) is 0 Å². The van der Waals surface area contributed by atoms with E-state index in [0.717, 1.165) is 24.5 Å². The average Bonchev–Trinajstić information content (AvgIpc) is 3.40. The zero-order chi connectivity index (χ0) is 18.6. The predicted molar refractivity (Wildman–Crippen MR) is 107 cm³/mol. The molecule has 0 heterocycles. The molecular formula is C22H29N3O. The van der Waals surface area contributed by atoms with Gasteiger partial charge in [-0.15, -0.1) is 0 Å². The summed E-state index contributed by atoms with van der Waals surface area (Å²) in [5.74, 6) is 1.31. The van der Waals surface area contributed by atoms with Crippen LogP contribution in [0, 0.1) is 6.92 Å². The van der Waals surface area contributed by atoms with E-state index in [4.69, 9.17) is 0 Å². The van der Waals surface area contributed by atoms with E-state index in [2.05, 4.69) is 53.7 Å². The Morgan fingerprint density at radius 1 is 1.15 bits per heavy atom. The Morgan fingerprint density at radius 2 is 1.85 bits per heavy atom. The second-order valence-corrected chi connectivity index (χ2v) is 7.28. The van der Waals surface area contributed by atoms with Crippen molar-refractivity contribution < 1.29 is 5.11 Å². The number of rotatable bonds is 6. The summed E-state index contributed by atoms with van der Waals surface area (Å²) < 4.78 is 0. The molecule has 0 aliphatic heterocycles. The first-order valence-corrected chi connectivity index (χ1v) is 9.39. The number of aliphatic hydroxyl groups is 1. The molecule has 0 saturated heterocycles. The van der Waals surface area contributed by atoms with Gasteiger partial charge in [-0.25, -0.2) is 4.99 Å². The first kappa shape index (κ1) is 18.5. The van der Waals surface area contributed by atoms with E-state index < -0.39 is 5.60 Å². The van der Waals surface area contributed by atoms with Crippen LogP contribution in [0.15, 0.2) is 59.6 Å². The van der Waals surface area contributed by atoms with Crippen molar-refractivity contribution in [1.29, 1.82) is 0 Å². The quantitative estimate of drug-likeness (QED) is 0.553. The van der Waals surface area contributed by atoms with E-state index in [0.29, 0.717) is 18.5 Å². The highest BCUT2D eigenvalue weighted by Gasteiger charge is 2.39. The lowest BCUT2D eigenvalue weighted by Crippen LogP contribution is -2.40. The van der Waals surface area contributed by atoms with Crippen molar-refractivity contribution in [2.24, 2.45) is 4.99 Å². The van der Waals surface area contributed by atoms with Gasteiger partial charge in [-0.2, -0.15) is 0 Å². The summed E-state index contributed by atoms with van der Waals surface area (Å²) in [5, 5.41) is 17.6. The van der Waals surface area contributed by atoms with Gasteiger partial charge in [-0.3, -0.25) is 0 Å². The second-order valence-electron chi connectivity index (χ2n) is 7.28. The molecule has 0 bridgehead atoms. The summed E-state index contributed by atoms with van der Waals surface area (Å²) in [6.07, 6.45) is 1.12. The number of benzene rings is 2. The van der Waals surface area contributed by atoms with Crippen LogP contribution in [0.5, 0.6) is 0 Å². The molecule has 1 aliphatic rings. The van der Waals surface area contributed by atoms with Crippen LogP contribution in [-0.2, 0) is 5.60 Å². The van der Waals surface area contributed by atoms with Crippen molar-refractivity contribution >= 4 is 5.96 Å². The van der Waals surface area contributed by atoms with E-state index in [-0.39, 0.29) is 0 Å². The number of aryl methyl sites for hydroxylation is 1. The molecule has 1 saturated carbocycles. The monoisotopic (exact) mass is 351 g/mol. The molecule has 26 heavy (non-hydrogen) atoms. The summed E-state index contributed by atoms with van der Waals surface area (Å²) >= 11 is 0. The van der Waals surface area contributed by atoms with E-state index in [1.54, 1.807) is 0 Å². The Hall–Kier alpha value is -2.33. The molecule has 4 nitrogen and oxygen atoms in total. The van der Waals surface area contributed by atoms with Crippen molar-refractivity contribution in [3.8, 4) is 0 Å². The molecule has 2 aromatic rings. The molecule has 2 aromatic carbocycles. The number of hydrogen-bond acceptors (Lipinski definition) is 2. The second kappa shape index (κ2) is 7.92. The highest BCUT2D eigenvalue weighted by molar-refractivity contribution is 5.80. The van der Waals surface area contributed by atoms with Gasteiger partial charge >= 0.3 is 0 Å². The maximum atomic E-state index is 10.8. The van der Waals surface area contributed by atoms with Crippen LogP contribution in [0.25, 0.3) is 0 Å². The van der Waals surface area contributed by atoms with Crippen molar-refractivity contribution in [2.75, 3.05) is 13.1 Å². The summed E-state index contributed by atoms with van der Waals surface area (Å²) in [4.78, 5) is 4.64. The number of nitrogens with one attached hydrogen (secondary N) is 2. The molecule has 0 amide bonds. The molecule has 0 aromatic heterocycles. The molecule has 4 heteroatoms. The zero-order valence-electron chi connectivity index (χ0n) is 15.9. The summed E-state index contributed by atoms with van der Waals surface area (Å²) in [5.41, 5.74) is 2.65. The largest absolute Gasteiger partial charge is 0.384 e. The van der Waals surface area contributed by atoms with Gasteiger partial charge in [0.05, 0.1) is 6.54 Å². The van der Waals surface area contributed by atoms with E-state index >= 15 is 0 Å². The number of guanidine groups is 1. The Kier molecular flexibility index (Phi) is 5.62. The third kappa shape index (κ3) is 4.44. The summed E-state index contributed by atoms with van der Waals surface area (Å²) in [6.45, 7) is 7.14. The maximum Gasteiger partial charge on any atom is 0.191 e. The minimum absolute atomic E-state index is 0.314. The number of nitrogens with zero attached hydrogens (tertiary/aromatic N) is 1. The normalized spacial score (nSPS) is 21.8. The van der Waals surface area contributed by atoms with Crippen LogP contribution in [0.1, 0.15) is 42.9 Å². The molecular weight excluding hydrogens is 322 g/mol. The van der Waals surface area contributed by atoms with E-state index in [1.807, 2.05) is 37.3 Å². The molecule has 0 spiro atoms. The lowest BCUT2D eigenvalue weighted by molar-refractivity contribution is 0.0672. The lowest BCUT2D eigenvalue weighted by Gasteiger charge is -2.22. The first-order valence-electron chi connectivity index (χ1n) is 9.39. The number of aliphatic imine (C=N–C) groups is 1. The Balaban J connectivity index is 1.65. The average molecular weight is 351 g/mol. The van der Waals surface area contributed by atoms with Crippen LogP contribution in [0.4, 0.5) is 0 Å². The standard InChI is InChI=1S/C22H29N3O/c1-4-23-21(24-15-22(3,26)17-11-6-5-7-12-17)25-20-14-19(20)18-13-9-8-10-16(18)2/h5-13,19-20,26H,4,14-15H2,1-3H3,(H2,23,24,25). The smallest absolute Gasteiger partial charge is 0.191 e. The van der Waals surface area contributed by atoms with Gasteiger partial charge in [0, 0.05) is 18.5 Å². The molecule has 0 radical (unpaired) electrons. The van der Waals surface area contributed by atoms with Crippen molar-refractivity contribution in [3.63, 3.8) is 0 Å². The van der Waals surface area contributed by atoms with Crippen LogP contribution >= 0.6 is 0 Å². The van der Waals surface area contributed by atoms with Crippen molar-refractivity contribution in [1.82, 2.24) is 10.6 Å². The van der Waals surface area contributed by atoms with Gasteiger partial charge in [-0.05, 0) is 43.9 Å². The molecule has 1 fully saturated rings. The zero-order valence-corrected chi connectivity index (χ0v) is 15.9. The molecule has 3 atom stereocenters. The molecule has 3 rings (SSSR count). The van der Waals surface area contributed by atoms with Crippen molar-refractivity contribution in [2.45, 2.75) is 44.8 Å². The minimum Gasteiger partial charge on any atom is -0.384 e. The fourth-order valence-corrected chi connectivity index (χ4v) is 3.32.